The van der Waals surface area contributed by atoms with Crippen molar-refractivity contribution in [2.24, 2.45) is 0 Å². The van der Waals surface area contributed by atoms with Crippen molar-refractivity contribution in [3.8, 4) is 17.1 Å². The molecule has 0 atom stereocenters. The molecule has 0 saturated carbocycles. The molecular formula is C16H15N5O2. The molecule has 1 heterocycles. The Hall–Kier alpha value is -3.22. The number of carbonyl (C=O) groups excluding carboxylic acids is 1. The number of nitrogens with zero attached hydrogens (tertiary/aromatic N) is 3. The molecule has 1 aromatic heterocycles. The van der Waals surface area contributed by atoms with E-state index < -0.39 is 0 Å². The molecule has 0 fully saturated rings. The number of aromatic amines is 1. The Kier molecular flexibility index (Phi) is 4.28. The van der Waals surface area contributed by atoms with E-state index in [2.05, 4.69) is 25.9 Å². The zero-order valence-electron chi connectivity index (χ0n) is 12.5. The molecule has 7 nitrogen and oxygen atoms in total. The summed E-state index contributed by atoms with van der Waals surface area (Å²) in [7, 11) is 1.60. The highest BCUT2D eigenvalue weighted by Crippen LogP contribution is 2.17. The van der Waals surface area contributed by atoms with E-state index in [9.17, 15) is 4.79 Å². The number of nitrogens with one attached hydrogen (secondary N) is 2. The van der Waals surface area contributed by atoms with Gasteiger partial charge in [-0.1, -0.05) is 12.1 Å². The fraction of sp³-hybridized carbons (Fsp3) is 0.125. The van der Waals surface area contributed by atoms with Crippen molar-refractivity contribution in [1.29, 1.82) is 0 Å². The van der Waals surface area contributed by atoms with Gasteiger partial charge in [-0.25, -0.2) is 0 Å². The smallest absolute Gasteiger partial charge is 0.228 e. The van der Waals surface area contributed by atoms with Gasteiger partial charge in [0.2, 0.25) is 11.7 Å². The van der Waals surface area contributed by atoms with E-state index in [4.69, 9.17) is 4.74 Å². The average molecular weight is 309 g/mol. The first-order valence-corrected chi connectivity index (χ1v) is 7.01. The monoisotopic (exact) mass is 309 g/mol. The van der Waals surface area contributed by atoms with Crippen LogP contribution in [-0.4, -0.2) is 33.6 Å². The van der Waals surface area contributed by atoms with Crippen LogP contribution in [-0.2, 0) is 11.2 Å². The van der Waals surface area contributed by atoms with Gasteiger partial charge in [-0.15, -0.1) is 10.2 Å². The van der Waals surface area contributed by atoms with Gasteiger partial charge in [0, 0.05) is 11.3 Å². The normalized spacial score (nSPS) is 10.3. The molecule has 0 aliphatic carbocycles. The summed E-state index contributed by atoms with van der Waals surface area (Å²) in [5, 5.41) is 16.6. The lowest BCUT2D eigenvalue weighted by atomic mass is 10.1. The third-order valence-corrected chi connectivity index (χ3v) is 3.27. The number of methoxy groups -OCH3 is 1. The van der Waals surface area contributed by atoms with Crippen LogP contribution in [0, 0.1) is 0 Å². The molecular weight excluding hydrogens is 294 g/mol. The minimum Gasteiger partial charge on any atom is -0.497 e. The standard InChI is InChI=1S/C16H15N5O2/c1-23-14-4-2-3-11(9-14)10-15(22)17-13-7-5-12(6-8-13)16-18-20-21-19-16/h2-9H,10H2,1H3,(H,17,22)(H,18,19,20,21). The lowest BCUT2D eigenvalue weighted by Gasteiger charge is -2.07. The largest absolute Gasteiger partial charge is 0.497 e. The fourth-order valence-corrected chi connectivity index (χ4v) is 2.16. The Morgan fingerprint density at radius 2 is 2.04 bits per heavy atom. The summed E-state index contributed by atoms with van der Waals surface area (Å²) in [5.74, 6) is 1.16. The van der Waals surface area contributed by atoms with E-state index >= 15 is 0 Å². The van der Waals surface area contributed by atoms with Gasteiger partial charge in [-0.3, -0.25) is 4.79 Å². The first-order chi connectivity index (χ1) is 11.2. The van der Waals surface area contributed by atoms with Crippen molar-refractivity contribution in [1.82, 2.24) is 20.6 Å². The molecule has 2 aromatic carbocycles. The molecule has 0 saturated heterocycles. The van der Waals surface area contributed by atoms with E-state index in [-0.39, 0.29) is 12.3 Å². The predicted octanol–water partition coefficient (Wildman–Crippen LogP) is 2.06. The van der Waals surface area contributed by atoms with Gasteiger partial charge in [0.25, 0.3) is 0 Å². The van der Waals surface area contributed by atoms with E-state index in [0.29, 0.717) is 11.5 Å². The van der Waals surface area contributed by atoms with E-state index in [1.165, 1.54) is 0 Å². The SMILES string of the molecule is COc1cccc(CC(=O)Nc2ccc(-c3nn[nH]n3)cc2)c1. The van der Waals surface area contributed by atoms with Gasteiger partial charge in [-0.2, -0.15) is 5.21 Å². The quantitative estimate of drug-likeness (QED) is 0.752. The Morgan fingerprint density at radius 1 is 1.22 bits per heavy atom. The van der Waals surface area contributed by atoms with Gasteiger partial charge in [0.15, 0.2) is 0 Å². The maximum atomic E-state index is 12.1. The Balaban J connectivity index is 1.63. The lowest BCUT2D eigenvalue weighted by molar-refractivity contribution is -0.115. The zero-order valence-corrected chi connectivity index (χ0v) is 12.5. The first kappa shape index (κ1) is 14.7. The van der Waals surface area contributed by atoms with E-state index in [0.717, 1.165) is 16.9 Å². The number of amides is 1. The summed E-state index contributed by atoms with van der Waals surface area (Å²) >= 11 is 0. The minimum atomic E-state index is -0.0921. The van der Waals surface area contributed by atoms with Crippen molar-refractivity contribution in [2.75, 3.05) is 12.4 Å². The second-order valence-corrected chi connectivity index (χ2v) is 4.89. The first-order valence-electron chi connectivity index (χ1n) is 7.01. The van der Waals surface area contributed by atoms with Crippen molar-refractivity contribution in [2.45, 2.75) is 6.42 Å². The van der Waals surface area contributed by atoms with Crippen LogP contribution in [0.25, 0.3) is 11.4 Å². The Morgan fingerprint density at radius 3 is 2.74 bits per heavy atom. The molecule has 0 radical (unpaired) electrons. The number of hydrogen-bond acceptors (Lipinski definition) is 5. The highest BCUT2D eigenvalue weighted by molar-refractivity contribution is 5.92. The number of tetrazole rings is 1. The maximum Gasteiger partial charge on any atom is 0.228 e. The number of anilines is 1. The molecule has 116 valence electrons. The molecule has 0 aliphatic rings. The third-order valence-electron chi connectivity index (χ3n) is 3.27. The topological polar surface area (TPSA) is 92.8 Å². The van der Waals surface area contributed by atoms with Crippen molar-refractivity contribution < 1.29 is 9.53 Å². The molecule has 0 bridgehead atoms. The van der Waals surface area contributed by atoms with E-state index in [1.54, 1.807) is 19.2 Å². The number of carbonyl (C=O) groups is 1. The molecule has 3 rings (SSSR count). The second kappa shape index (κ2) is 6.69. The number of hydrogen-bond donors (Lipinski definition) is 2. The van der Waals surface area contributed by atoms with E-state index in [1.807, 2.05) is 36.4 Å². The molecule has 7 heteroatoms. The average Bonchev–Trinajstić information content (AvgIpc) is 3.10. The maximum absolute atomic E-state index is 12.1. The van der Waals surface area contributed by atoms with Crippen LogP contribution in [0.5, 0.6) is 5.75 Å². The van der Waals surface area contributed by atoms with Crippen molar-refractivity contribution >= 4 is 11.6 Å². The van der Waals surface area contributed by atoms with Gasteiger partial charge in [0.1, 0.15) is 5.75 Å². The third kappa shape index (κ3) is 3.70. The van der Waals surface area contributed by atoms with Crippen LogP contribution in [0.1, 0.15) is 5.56 Å². The summed E-state index contributed by atoms with van der Waals surface area (Å²) in [6.07, 6.45) is 0.282. The van der Waals surface area contributed by atoms with Gasteiger partial charge >= 0.3 is 0 Å². The predicted molar refractivity (Wildman–Crippen MR) is 84.9 cm³/mol. The van der Waals surface area contributed by atoms with Crippen LogP contribution in [0.2, 0.25) is 0 Å². The fourth-order valence-electron chi connectivity index (χ4n) is 2.16. The number of rotatable bonds is 5. The molecule has 3 aromatic rings. The Bertz CT molecular complexity index is 784. The van der Waals surface area contributed by atoms with Crippen LogP contribution in [0.3, 0.4) is 0 Å². The molecule has 0 aliphatic heterocycles. The summed E-state index contributed by atoms with van der Waals surface area (Å²) < 4.78 is 5.15. The number of aromatic nitrogens is 4. The number of benzene rings is 2. The highest BCUT2D eigenvalue weighted by atomic mass is 16.5. The number of H-pyrrole nitrogens is 1. The number of ether oxygens (including phenoxy) is 1. The van der Waals surface area contributed by atoms with Crippen LogP contribution in [0.4, 0.5) is 5.69 Å². The van der Waals surface area contributed by atoms with Gasteiger partial charge < -0.3 is 10.1 Å². The van der Waals surface area contributed by atoms with Crippen LogP contribution >= 0.6 is 0 Å². The summed E-state index contributed by atoms with van der Waals surface area (Å²) in [6, 6.07) is 14.7. The highest BCUT2D eigenvalue weighted by Gasteiger charge is 2.07. The minimum absolute atomic E-state index is 0.0921. The molecule has 0 unspecified atom stereocenters. The molecule has 2 N–H and O–H groups in total. The zero-order chi connectivity index (χ0) is 16.1. The summed E-state index contributed by atoms with van der Waals surface area (Å²) in [5.41, 5.74) is 2.43. The van der Waals surface area contributed by atoms with Gasteiger partial charge in [0.05, 0.1) is 13.5 Å². The summed E-state index contributed by atoms with van der Waals surface area (Å²) in [6.45, 7) is 0. The second-order valence-electron chi connectivity index (χ2n) is 4.89. The Labute approximate surface area is 132 Å². The molecule has 1 amide bonds. The van der Waals surface area contributed by atoms with Crippen LogP contribution in [0.15, 0.2) is 48.5 Å². The molecule has 0 spiro atoms. The van der Waals surface area contributed by atoms with Crippen LogP contribution < -0.4 is 10.1 Å². The summed E-state index contributed by atoms with van der Waals surface area (Å²) in [4.78, 5) is 12.1. The van der Waals surface area contributed by atoms with Gasteiger partial charge in [-0.05, 0) is 47.2 Å². The molecule has 23 heavy (non-hydrogen) atoms. The van der Waals surface area contributed by atoms with Crippen molar-refractivity contribution in [3.63, 3.8) is 0 Å². The van der Waals surface area contributed by atoms with Crippen molar-refractivity contribution in [3.05, 3.63) is 54.1 Å². The lowest BCUT2D eigenvalue weighted by Crippen LogP contribution is -2.14.